The molecule has 2 heterocycles. The van der Waals surface area contributed by atoms with Crippen molar-refractivity contribution in [2.45, 2.75) is 0 Å². The van der Waals surface area contributed by atoms with E-state index in [-0.39, 0.29) is 11.7 Å². The number of hydrogen-bond acceptors (Lipinski definition) is 3. The van der Waals surface area contributed by atoms with Crippen LogP contribution in [0.2, 0.25) is 0 Å². The van der Waals surface area contributed by atoms with Crippen molar-refractivity contribution in [3.63, 3.8) is 0 Å². The maximum Gasteiger partial charge on any atom is 0.198 e. The Hall–Kier alpha value is -3.15. The molecular weight excluding hydrogens is 283 g/mol. The quantitative estimate of drug-likeness (QED) is 0.494. The van der Waals surface area contributed by atoms with Gasteiger partial charge in [-0.1, -0.05) is 0 Å². The Kier molecular flexibility index (Phi) is 2.69. The standard InChI is InChI=1S/C16H11FN4O/c17-10-2-4-14-12(5-10)13(16(22)20-14)8-18-11-3-1-9-7-19-21-15(9)6-11/h1-8,20,22H,(H,19,21). The van der Waals surface area contributed by atoms with Crippen molar-refractivity contribution >= 4 is 33.7 Å². The number of hydrogen-bond donors (Lipinski definition) is 3. The lowest BCUT2D eigenvalue weighted by Gasteiger charge is -1.95. The molecule has 2 aromatic carbocycles. The molecule has 3 N–H and O–H groups in total. The molecule has 5 nitrogen and oxygen atoms in total. The van der Waals surface area contributed by atoms with E-state index < -0.39 is 0 Å². The van der Waals surface area contributed by atoms with Gasteiger partial charge in [-0.15, -0.1) is 0 Å². The molecule has 0 aliphatic heterocycles. The minimum absolute atomic E-state index is 0.0352. The van der Waals surface area contributed by atoms with Crippen LogP contribution in [0.15, 0.2) is 47.6 Å². The van der Waals surface area contributed by atoms with Crippen LogP contribution in [-0.4, -0.2) is 26.5 Å². The fraction of sp³-hybridized carbons (Fsp3) is 0. The van der Waals surface area contributed by atoms with Gasteiger partial charge in [0.25, 0.3) is 0 Å². The van der Waals surface area contributed by atoms with E-state index in [1.165, 1.54) is 18.3 Å². The second-order valence-electron chi connectivity index (χ2n) is 4.98. The molecule has 4 rings (SSSR count). The van der Waals surface area contributed by atoms with Crippen LogP contribution in [0, 0.1) is 5.82 Å². The van der Waals surface area contributed by atoms with Gasteiger partial charge in [0.1, 0.15) is 5.82 Å². The van der Waals surface area contributed by atoms with Crippen LogP contribution in [0.4, 0.5) is 10.1 Å². The topological polar surface area (TPSA) is 77.1 Å². The highest BCUT2D eigenvalue weighted by atomic mass is 19.1. The molecule has 0 saturated carbocycles. The molecule has 0 radical (unpaired) electrons. The number of aromatic hydroxyl groups is 1. The average molecular weight is 294 g/mol. The molecule has 6 heteroatoms. The Labute approximate surface area is 124 Å². The Balaban J connectivity index is 1.78. The van der Waals surface area contributed by atoms with E-state index in [9.17, 15) is 9.50 Å². The van der Waals surface area contributed by atoms with Crippen LogP contribution >= 0.6 is 0 Å². The summed E-state index contributed by atoms with van der Waals surface area (Å²) in [4.78, 5) is 7.14. The number of H-pyrrole nitrogens is 2. The lowest BCUT2D eigenvalue weighted by Crippen LogP contribution is -1.80. The zero-order chi connectivity index (χ0) is 15.1. The molecule has 0 atom stereocenters. The first-order chi connectivity index (χ1) is 10.7. The highest BCUT2D eigenvalue weighted by Gasteiger charge is 2.09. The van der Waals surface area contributed by atoms with Gasteiger partial charge in [-0.05, 0) is 36.4 Å². The number of nitrogens with one attached hydrogen (secondary N) is 2. The molecule has 4 aromatic rings. The van der Waals surface area contributed by atoms with Crippen molar-refractivity contribution in [2.24, 2.45) is 4.99 Å². The second kappa shape index (κ2) is 4.70. The zero-order valence-corrected chi connectivity index (χ0v) is 11.3. The van der Waals surface area contributed by atoms with E-state index in [0.717, 1.165) is 10.9 Å². The second-order valence-corrected chi connectivity index (χ2v) is 4.98. The third-order valence-corrected chi connectivity index (χ3v) is 3.55. The number of rotatable bonds is 2. The van der Waals surface area contributed by atoms with E-state index in [2.05, 4.69) is 20.2 Å². The smallest absolute Gasteiger partial charge is 0.198 e. The Bertz CT molecular complexity index is 1020. The summed E-state index contributed by atoms with van der Waals surface area (Å²) in [6.45, 7) is 0. The SMILES string of the molecule is Oc1[nH]c2ccc(F)cc2c1C=Nc1ccc2cn[nH]c2c1. The van der Waals surface area contributed by atoms with E-state index in [1.807, 2.05) is 18.2 Å². The normalized spacial score (nSPS) is 11.9. The van der Waals surface area contributed by atoms with Crippen LogP contribution in [0.1, 0.15) is 5.56 Å². The minimum Gasteiger partial charge on any atom is -0.494 e. The lowest BCUT2D eigenvalue weighted by molar-refractivity contribution is 0.457. The summed E-state index contributed by atoms with van der Waals surface area (Å²) in [6, 6.07) is 9.89. The Morgan fingerprint density at radius 2 is 2.05 bits per heavy atom. The van der Waals surface area contributed by atoms with Gasteiger partial charge in [0.15, 0.2) is 5.88 Å². The summed E-state index contributed by atoms with van der Waals surface area (Å²) in [5, 5.41) is 18.4. The summed E-state index contributed by atoms with van der Waals surface area (Å²) in [5.41, 5.74) is 2.70. The maximum absolute atomic E-state index is 13.4. The summed E-state index contributed by atoms with van der Waals surface area (Å²) in [6.07, 6.45) is 3.25. The van der Waals surface area contributed by atoms with Gasteiger partial charge in [0, 0.05) is 22.5 Å². The molecule has 0 bridgehead atoms. The lowest BCUT2D eigenvalue weighted by atomic mass is 10.2. The molecule has 108 valence electrons. The number of fused-ring (bicyclic) bond motifs is 2. The summed E-state index contributed by atoms with van der Waals surface area (Å²) < 4.78 is 13.4. The van der Waals surface area contributed by atoms with Crippen molar-refractivity contribution in [3.8, 4) is 5.88 Å². The van der Waals surface area contributed by atoms with Gasteiger partial charge in [-0.2, -0.15) is 5.10 Å². The predicted octanol–water partition coefficient (Wildman–Crippen LogP) is 3.64. The predicted molar refractivity (Wildman–Crippen MR) is 83.3 cm³/mol. The number of aliphatic imine (C=N–C) groups is 1. The first-order valence-corrected chi connectivity index (χ1v) is 6.68. The largest absolute Gasteiger partial charge is 0.494 e. The summed E-state index contributed by atoms with van der Waals surface area (Å²) in [7, 11) is 0. The Morgan fingerprint density at radius 1 is 1.14 bits per heavy atom. The number of benzene rings is 2. The third kappa shape index (κ3) is 2.01. The van der Waals surface area contributed by atoms with Crippen LogP contribution < -0.4 is 0 Å². The molecule has 0 saturated heterocycles. The van der Waals surface area contributed by atoms with Crippen molar-refractivity contribution in [2.75, 3.05) is 0 Å². The third-order valence-electron chi connectivity index (χ3n) is 3.55. The van der Waals surface area contributed by atoms with Gasteiger partial charge in [-0.25, -0.2) is 4.39 Å². The fourth-order valence-electron chi connectivity index (χ4n) is 2.45. The first kappa shape index (κ1) is 12.6. The van der Waals surface area contributed by atoms with Crippen molar-refractivity contribution in [1.29, 1.82) is 0 Å². The molecule has 0 aliphatic rings. The summed E-state index contributed by atoms with van der Waals surface area (Å²) in [5.74, 6) is -0.396. The molecule has 0 unspecified atom stereocenters. The molecule has 0 spiro atoms. The molecule has 0 aliphatic carbocycles. The van der Waals surface area contributed by atoms with Crippen LogP contribution in [0.3, 0.4) is 0 Å². The first-order valence-electron chi connectivity index (χ1n) is 6.68. The molecule has 0 fully saturated rings. The highest BCUT2D eigenvalue weighted by Crippen LogP contribution is 2.27. The van der Waals surface area contributed by atoms with Crippen LogP contribution in [0.5, 0.6) is 5.88 Å². The van der Waals surface area contributed by atoms with E-state index >= 15 is 0 Å². The minimum atomic E-state index is -0.361. The van der Waals surface area contributed by atoms with Gasteiger partial charge in [0.05, 0.1) is 23.0 Å². The number of halogens is 1. The molecule has 2 aromatic heterocycles. The Morgan fingerprint density at radius 3 is 2.95 bits per heavy atom. The van der Waals surface area contributed by atoms with Crippen LogP contribution in [-0.2, 0) is 0 Å². The number of aromatic amines is 2. The average Bonchev–Trinajstić information content (AvgIpc) is 3.08. The molecule has 22 heavy (non-hydrogen) atoms. The monoisotopic (exact) mass is 294 g/mol. The maximum atomic E-state index is 13.4. The van der Waals surface area contributed by atoms with Crippen molar-refractivity contribution in [1.82, 2.24) is 15.2 Å². The molecule has 0 amide bonds. The highest BCUT2D eigenvalue weighted by molar-refractivity contribution is 6.02. The van der Waals surface area contributed by atoms with E-state index in [4.69, 9.17) is 0 Å². The molecular formula is C16H11FN4O. The fourth-order valence-corrected chi connectivity index (χ4v) is 2.45. The van der Waals surface area contributed by atoms with E-state index in [0.29, 0.717) is 22.2 Å². The zero-order valence-electron chi connectivity index (χ0n) is 11.3. The number of aromatic nitrogens is 3. The van der Waals surface area contributed by atoms with Crippen molar-refractivity contribution in [3.05, 3.63) is 54.0 Å². The number of nitrogens with zero attached hydrogens (tertiary/aromatic N) is 2. The van der Waals surface area contributed by atoms with Crippen molar-refractivity contribution < 1.29 is 9.50 Å². The van der Waals surface area contributed by atoms with Gasteiger partial charge in [-0.3, -0.25) is 10.1 Å². The van der Waals surface area contributed by atoms with Gasteiger partial charge in [0.2, 0.25) is 0 Å². The summed E-state index contributed by atoms with van der Waals surface area (Å²) >= 11 is 0. The van der Waals surface area contributed by atoms with Crippen LogP contribution in [0.25, 0.3) is 21.8 Å². The van der Waals surface area contributed by atoms with E-state index in [1.54, 1.807) is 12.3 Å². The van der Waals surface area contributed by atoms with Gasteiger partial charge >= 0.3 is 0 Å². The van der Waals surface area contributed by atoms with Gasteiger partial charge < -0.3 is 10.1 Å².